The number of ketones is 1. The van der Waals surface area contributed by atoms with Crippen LogP contribution in [0, 0.1) is 17.2 Å². The first-order chi connectivity index (χ1) is 11.3. The molecule has 3 rings (SSSR count). The van der Waals surface area contributed by atoms with E-state index in [0.29, 0.717) is 17.7 Å². The van der Waals surface area contributed by atoms with E-state index in [1.165, 1.54) is 0 Å². The zero-order valence-electron chi connectivity index (χ0n) is 12.6. The molecule has 0 bridgehead atoms. The first-order valence-electron chi connectivity index (χ1n) is 7.47. The van der Waals surface area contributed by atoms with Crippen LogP contribution in [0.2, 0.25) is 0 Å². The van der Waals surface area contributed by atoms with Gasteiger partial charge in [0.2, 0.25) is 0 Å². The maximum absolute atomic E-state index is 12.7. The van der Waals surface area contributed by atoms with Crippen LogP contribution in [-0.2, 0) is 6.54 Å². The molecule has 1 aliphatic heterocycles. The standard InChI is InChI=1S/C20H16N2O/c21-13-18-11-12-22(14-16-7-3-1-4-8-16)15-19(18)20(23)17-9-5-2-6-10-17/h1-12,15,18H,14H2. The largest absolute Gasteiger partial charge is 0.350 e. The van der Waals surface area contributed by atoms with E-state index < -0.39 is 5.92 Å². The van der Waals surface area contributed by atoms with Gasteiger partial charge in [-0.1, -0.05) is 60.7 Å². The highest BCUT2D eigenvalue weighted by Gasteiger charge is 2.23. The van der Waals surface area contributed by atoms with E-state index in [-0.39, 0.29) is 5.78 Å². The Bertz CT molecular complexity index is 785. The second-order valence-corrected chi connectivity index (χ2v) is 5.39. The molecule has 0 fully saturated rings. The van der Waals surface area contributed by atoms with Crippen molar-refractivity contribution in [1.82, 2.24) is 4.90 Å². The fourth-order valence-electron chi connectivity index (χ4n) is 2.56. The van der Waals surface area contributed by atoms with Crippen molar-refractivity contribution in [2.24, 2.45) is 5.92 Å². The Morgan fingerprint density at radius 1 is 1.04 bits per heavy atom. The van der Waals surface area contributed by atoms with Gasteiger partial charge in [0.25, 0.3) is 0 Å². The number of carbonyl (C=O) groups is 1. The second kappa shape index (κ2) is 6.76. The summed E-state index contributed by atoms with van der Waals surface area (Å²) in [6.07, 6.45) is 5.43. The summed E-state index contributed by atoms with van der Waals surface area (Å²) in [5.74, 6) is -0.603. The molecule has 0 amide bonds. The molecular weight excluding hydrogens is 284 g/mol. The normalized spacial score (nSPS) is 16.6. The first kappa shape index (κ1) is 14.8. The molecular formula is C20H16N2O. The molecule has 3 nitrogen and oxygen atoms in total. The van der Waals surface area contributed by atoms with Gasteiger partial charge in [0.05, 0.1) is 12.0 Å². The van der Waals surface area contributed by atoms with Crippen LogP contribution in [-0.4, -0.2) is 10.7 Å². The van der Waals surface area contributed by atoms with Crippen LogP contribution in [0.1, 0.15) is 15.9 Å². The molecule has 2 aromatic carbocycles. The van der Waals surface area contributed by atoms with Crippen LogP contribution >= 0.6 is 0 Å². The minimum absolute atomic E-state index is 0.0976. The van der Waals surface area contributed by atoms with E-state index in [1.54, 1.807) is 24.4 Å². The average Bonchev–Trinajstić information content (AvgIpc) is 2.62. The van der Waals surface area contributed by atoms with Crippen molar-refractivity contribution in [1.29, 1.82) is 5.26 Å². The van der Waals surface area contributed by atoms with Crippen LogP contribution in [0.5, 0.6) is 0 Å². The third-order valence-electron chi connectivity index (χ3n) is 3.76. The molecule has 0 aromatic heterocycles. The molecule has 3 heteroatoms. The summed E-state index contributed by atoms with van der Waals surface area (Å²) in [4.78, 5) is 14.6. The molecule has 1 aliphatic rings. The Morgan fingerprint density at radius 3 is 2.35 bits per heavy atom. The highest BCUT2D eigenvalue weighted by molar-refractivity contribution is 6.09. The molecule has 23 heavy (non-hydrogen) atoms. The predicted molar refractivity (Wildman–Crippen MR) is 89.1 cm³/mol. The van der Waals surface area contributed by atoms with E-state index >= 15 is 0 Å². The summed E-state index contributed by atoms with van der Waals surface area (Å²) >= 11 is 0. The lowest BCUT2D eigenvalue weighted by Gasteiger charge is -2.23. The van der Waals surface area contributed by atoms with Crippen LogP contribution in [0.3, 0.4) is 0 Å². The topological polar surface area (TPSA) is 44.1 Å². The SMILES string of the molecule is N#CC1C=CN(Cc2ccccc2)C=C1C(=O)c1ccccc1. The fraction of sp³-hybridized carbons (Fsp3) is 0.100. The van der Waals surface area contributed by atoms with Crippen LogP contribution < -0.4 is 0 Å². The second-order valence-electron chi connectivity index (χ2n) is 5.39. The molecule has 0 saturated carbocycles. The fourth-order valence-corrected chi connectivity index (χ4v) is 2.56. The maximum atomic E-state index is 12.7. The highest BCUT2D eigenvalue weighted by Crippen LogP contribution is 2.24. The van der Waals surface area contributed by atoms with Gasteiger partial charge in [-0.3, -0.25) is 4.79 Å². The van der Waals surface area contributed by atoms with Crippen molar-refractivity contribution in [3.8, 4) is 6.07 Å². The molecule has 0 aliphatic carbocycles. The number of rotatable bonds is 4. The third-order valence-corrected chi connectivity index (χ3v) is 3.76. The number of allylic oxidation sites excluding steroid dienone is 2. The maximum Gasteiger partial charge on any atom is 0.192 e. The van der Waals surface area contributed by atoms with Crippen LogP contribution in [0.25, 0.3) is 0 Å². The van der Waals surface area contributed by atoms with Crippen molar-refractivity contribution in [3.05, 3.63) is 95.8 Å². The van der Waals surface area contributed by atoms with Crippen molar-refractivity contribution in [3.63, 3.8) is 0 Å². The van der Waals surface area contributed by atoms with E-state index in [2.05, 4.69) is 6.07 Å². The summed E-state index contributed by atoms with van der Waals surface area (Å²) < 4.78 is 0. The minimum atomic E-state index is -0.505. The van der Waals surface area contributed by atoms with Gasteiger partial charge in [-0.2, -0.15) is 5.26 Å². The lowest BCUT2D eigenvalue weighted by atomic mass is 9.91. The van der Waals surface area contributed by atoms with Gasteiger partial charge in [-0.15, -0.1) is 0 Å². The molecule has 2 aromatic rings. The minimum Gasteiger partial charge on any atom is -0.350 e. The Labute approximate surface area is 135 Å². The Balaban J connectivity index is 1.86. The number of carbonyl (C=O) groups excluding carboxylic acids is 1. The summed E-state index contributed by atoms with van der Waals surface area (Å²) in [6.45, 7) is 0.668. The number of benzene rings is 2. The molecule has 0 N–H and O–H groups in total. The average molecular weight is 300 g/mol. The number of nitriles is 1. The molecule has 0 saturated heterocycles. The molecule has 0 radical (unpaired) electrons. The molecule has 1 atom stereocenters. The lowest BCUT2D eigenvalue weighted by molar-refractivity contribution is 0.102. The third kappa shape index (κ3) is 3.38. The van der Waals surface area contributed by atoms with Crippen LogP contribution in [0.4, 0.5) is 0 Å². The Kier molecular flexibility index (Phi) is 4.35. The van der Waals surface area contributed by atoms with Gasteiger partial charge in [0.15, 0.2) is 5.78 Å². The van der Waals surface area contributed by atoms with E-state index in [1.807, 2.05) is 59.6 Å². The first-order valence-corrected chi connectivity index (χ1v) is 7.47. The Hall–Kier alpha value is -3.12. The number of hydrogen-bond donors (Lipinski definition) is 0. The number of Topliss-reactive ketones (excluding diaryl/α,β-unsaturated/α-hetero) is 1. The summed E-state index contributed by atoms with van der Waals surface area (Å²) in [7, 11) is 0. The smallest absolute Gasteiger partial charge is 0.192 e. The van der Waals surface area contributed by atoms with Gasteiger partial charge in [0.1, 0.15) is 0 Å². The van der Waals surface area contributed by atoms with E-state index in [9.17, 15) is 10.1 Å². The van der Waals surface area contributed by atoms with Gasteiger partial charge >= 0.3 is 0 Å². The zero-order valence-corrected chi connectivity index (χ0v) is 12.6. The van der Waals surface area contributed by atoms with Crippen molar-refractivity contribution in [2.45, 2.75) is 6.54 Å². The van der Waals surface area contributed by atoms with Crippen molar-refractivity contribution in [2.75, 3.05) is 0 Å². The highest BCUT2D eigenvalue weighted by atomic mass is 16.1. The van der Waals surface area contributed by atoms with Crippen molar-refractivity contribution < 1.29 is 4.79 Å². The predicted octanol–water partition coefficient (Wildman–Crippen LogP) is 3.92. The monoisotopic (exact) mass is 300 g/mol. The molecule has 1 unspecified atom stereocenters. The quantitative estimate of drug-likeness (QED) is 0.804. The Morgan fingerprint density at radius 2 is 1.70 bits per heavy atom. The zero-order chi connectivity index (χ0) is 16.1. The molecule has 112 valence electrons. The van der Waals surface area contributed by atoms with Gasteiger partial charge in [0, 0.05) is 30.1 Å². The van der Waals surface area contributed by atoms with Crippen molar-refractivity contribution >= 4 is 5.78 Å². The number of hydrogen-bond acceptors (Lipinski definition) is 3. The number of nitrogens with zero attached hydrogens (tertiary/aromatic N) is 2. The summed E-state index contributed by atoms with van der Waals surface area (Å²) in [6, 6.07) is 21.3. The van der Waals surface area contributed by atoms with E-state index in [4.69, 9.17) is 0 Å². The van der Waals surface area contributed by atoms with Gasteiger partial charge in [-0.05, 0) is 11.6 Å². The lowest BCUT2D eigenvalue weighted by Crippen LogP contribution is -2.21. The molecule has 0 spiro atoms. The van der Waals surface area contributed by atoms with Gasteiger partial charge < -0.3 is 4.90 Å². The summed E-state index contributed by atoms with van der Waals surface area (Å²) in [5.41, 5.74) is 2.27. The summed E-state index contributed by atoms with van der Waals surface area (Å²) in [5, 5.41) is 9.32. The van der Waals surface area contributed by atoms with E-state index in [0.717, 1.165) is 5.56 Å². The van der Waals surface area contributed by atoms with Gasteiger partial charge in [-0.25, -0.2) is 0 Å². The molecule has 1 heterocycles. The van der Waals surface area contributed by atoms with Crippen LogP contribution in [0.15, 0.2) is 84.7 Å².